The van der Waals surface area contributed by atoms with E-state index in [1.54, 1.807) is 13.2 Å². The van der Waals surface area contributed by atoms with Crippen molar-refractivity contribution in [3.8, 4) is 5.75 Å². The number of halogens is 1. The Bertz CT molecular complexity index is 1910. The van der Waals surface area contributed by atoms with Gasteiger partial charge in [0.1, 0.15) is 11.4 Å². The van der Waals surface area contributed by atoms with Crippen LogP contribution in [0.3, 0.4) is 0 Å². The van der Waals surface area contributed by atoms with Crippen LogP contribution >= 0.6 is 11.6 Å². The molecule has 11 heteroatoms. The van der Waals surface area contributed by atoms with Gasteiger partial charge in [-0.15, -0.1) is 0 Å². The van der Waals surface area contributed by atoms with E-state index in [0.29, 0.717) is 30.4 Å². The fourth-order valence-electron chi connectivity index (χ4n) is 8.49. The van der Waals surface area contributed by atoms with Crippen molar-refractivity contribution < 1.29 is 27.4 Å². The highest BCUT2D eigenvalue weighted by Crippen LogP contribution is 2.49. The van der Waals surface area contributed by atoms with Gasteiger partial charge in [0.05, 0.1) is 29.7 Å². The van der Waals surface area contributed by atoms with Crippen LogP contribution in [0.2, 0.25) is 5.02 Å². The first-order valence-corrected chi connectivity index (χ1v) is 20.1. The maximum Gasteiger partial charge on any atom is 0.338 e. The maximum absolute atomic E-state index is 13.3. The number of hydrogen-bond donors (Lipinski definition) is 0. The Morgan fingerprint density at radius 3 is 2.63 bits per heavy atom. The van der Waals surface area contributed by atoms with Gasteiger partial charge >= 0.3 is 5.97 Å². The van der Waals surface area contributed by atoms with Gasteiger partial charge in [-0.05, 0) is 137 Å². The van der Waals surface area contributed by atoms with Gasteiger partial charge in [-0.25, -0.2) is 23.2 Å². The topological polar surface area (TPSA) is 108 Å². The lowest BCUT2D eigenvalue weighted by atomic mass is 9.65. The highest BCUT2D eigenvalue weighted by molar-refractivity contribution is 7.91. The fourth-order valence-corrected chi connectivity index (χ4v) is 9.93. The summed E-state index contributed by atoms with van der Waals surface area (Å²) >= 11 is 6.47. The molecule has 1 aliphatic heterocycles. The van der Waals surface area contributed by atoms with Gasteiger partial charge < -0.3 is 19.1 Å². The minimum absolute atomic E-state index is 0.0173. The molecule has 1 spiro atoms. The Balaban J connectivity index is 1.12. The number of hydrogen-bond acceptors (Lipinski definition) is 9. The van der Waals surface area contributed by atoms with E-state index < -0.39 is 15.4 Å². The Morgan fingerprint density at radius 2 is 1.92 bits per heavy atom. The van der Waals surface area contributed by atoms with Crippen LogP contribution in [-0.2, 0) is 31.1 Å². The Labute approximate surface area is 306 Å². The summed E-state index contributed by atoms with van der Waals surface area (Å²) in [5, 5.41) is 0.645. The third-order valence-electron chi connectivity index (χ3n) is 11.1. The minimum Gasteiger partial charge on any atom is -0.490 e. The van der Waals surface area contributed by atoms with E-state index in [0.717, 1.165) is 68.1 Å². The van der Waals surface area contributed by atoms with Gasteiger partial charge in [-0.2, -0.15) is 0 Å². The molecule has 1 fully saturated rings. The van der Waals surface area contributed by atoms with E-state index in [4.69, 9.17) is 25.8 Å². The maximum atomic E-state index is 13.3. The van der Waals surface area contributed by atoms with E-state index >= 15 is 0 Å². The number of esters is 1. The zero-order chi connectivity index (χ0) is 36.0. The van der Waals surface area contributed by atoms with Gasteiger partial charge in [-0.1, -0.05) is 23.7 Å². The zero-order valence-corrected chi connectivity index (χ0v) is 31.5. The highest BCUT2D eigenvalue weighted by Gasteiger charge is 2.46. The molecule has 0 bridgehead atoms. The van der Waals surface area contributed by atoms with Crippen LogP contribution in [0.4, 0.5) is 5.69 Å². The third kappa shape index (κ3) is 7.55. The van der Waals surface area contributed by atoms with Crippen LogP contribution in [0.25, 0.3) is 0 Å². The number of sulfone groups is 1. The molecule has 2 heterocycles. The highest BCUT2D eigenvalue weighted by atomic mass is 35.5. The summed E-state index contributed by atoms with van der Waals surface area (Å²) in [6.07, 6.45) is 11.7. The lowest BCUT2D eigenvalue weighted by molar-refractivity contribution is 0.000512. The number of nitrogens with zero attached hydrogens (tertiary/aromatic N) is 3. The number of ether oxygens (including phenoxy) is 3. The molecule has 1 unspecified atom stereocenters. The van der Waals surface area contributed by atoms with Crippen molar-refractivity contribution in [1.82, 2.24) is 9.97 Å². The monoisotopic (exact) mass is 733 g/mol. The van der Waals surface area contributed by atoms with Crippen molar-refractivity contribution in [2.24, 2.45) is 17.8 Å². The van der Waals surface area contributed by atoms with Gasteiger partial charge in [-0.3, -0.25) is 0 Å². The molecule has 2 aromatic carbocycles. The number of carbonyl (C=O) groups is 1. The Kier molecular flexibility index (Phi) is 9.97. The van der Waals surface area contributed by atoms with Crippen molar-refractivity contribution in [3.63, 3.8) is 0 Å². The number of allylic oxidation sites excluding steroid dienone is 1. The van der Waals surface area contributed by atoms with Crippen molar-refractivity contribution in [2.75, 3.05) is 37.5 Å². The molecule has 3 aromatic rings. The number of rotatable bonds is 10. The van der Waals surface area contributed by atoms with Crippen LogP contribution in [0.15, 0.2) is 71.7 Å². The second-order valence-electron chi connectivity index (χ2n) is 15.8. The Morgan fingerprint density at radius 1 is 1.14 bits per heavy atom. The Hall–Kier alpha value is -3.47. The molecule has 7 rings (SSSR count). The lowest BCUT2D eigenvalue weighted by Crippen LogP contribution is -2.50. The summed E-state index contributed by atoms with van der Waals surface area (Å²) in [5.41, 5.74) is 4.44. The summed E-state index contributed by atoms with van der Waals surface area (Å²) < 4.78 is 44.1. The quantitative estimate of drug-likeness (QED) is 0.120. The molecule has 3 aliphatic carbocycles. The average Bonchev–Trinajstić information content (AvgIpc) is 3.21. The summed E-state index contributed by atoms with van der Waals surface area (Å²) in [6.45, 7) is 7.75. The smallest absolute Gasteiger partial charge is 0.338 e. The number of anilines is 1. The molecule has 9 nitrogen and oxygen atoms in total. The first-order chi connectivity index (χ1) is 24.3. The van der Waals surface area contributed by atoms with Crippen molar-refractivity contribution >= 4 is 33.1 Å². The summed E-state index contributed by atoms with van der Waals surface area (Å²) in [5.74, 6) is 1.34. The molecule has 0 N–H and O–H groups in total. The molecular formula is C40H48ClN3O6S. The first-order valence-electron chi connectivity index (χ1n) is 18.1. The lowest BCUT2D eigenvalue weighted by Gasteiger charge is -2.48. The van der Waals surface area contributed by atoms with Crippen LogP contribution in [0, 0.1) is 17.8 Å². The number of aromatic nitrogens is 2. The van der Waals surface area contributed by atoms with E-state index in [1.165, 1.54) is 29.1 Å². The van der Waals surface area contributed by atoms with Crippen LogP contribution < -0.4 is 9.64 Å². The first kappa shape index (κ1) is 35.9. The largest absolute Gasteiger partial charge is 0.490 e. The normalized spacial score (nSPS) is 24.9. The molecule has 5 atom stereocenters. The average molecular weight is 734 g/mol. The van der Waals surface area contributed by atoms with Crippen LogP contribution in [0.1, 0.15) is 80.8 Å². The molecule has 0 saturated heterocycles. The fraction of sp³-hybridized carbons (Fsp3) is 0.525. The molecule has 51 heavy (non-hydrogen) atoms. The van der Waals surface area contributed by atoms with Crippen LogP contribution in [-0.4, -0.2) is 68.6 Å². The van der Waals surface area contributed by atoms with Gasteiger partial charge in [0.25, 0.3) is 0 Å². The third-order valence-corrected chi connectivity index (χ3v) is 12.9. The predicted octanol–water partition coefficient (Wildman–Crippen LogP) is 7.41. The van der Waals surface area contributed by atoms with Gasteiger partial charge in [0.2, 0.25) is 15.0 Å². The van der Waals surface area contributed by atoms with E-state index in [2.05, 4.69) is 33.1 Å². The molecule has 4 aliphatic rings. The summed E-state index contributed by atoms with van der Waals surface area (Å²) in [4.78, 5) is 23.6. The SMILES string of the molecule is CO[C@H](C1=CC(CCS(=O)(=O)c2ncccn2)C1)[C@@H]1CC[C@H]1CN1C[C@@]2(CCCc3cc(Cl)ccc32)COc2ccc(C(=O)OC(C)(C)C)cc21. The zero-order valence-electron chi connectivity index (χ0n) is 29.9. The number of aryl methyl sites for hydroxylation is 1. The standard InChI is InChI=1S/C40H48ClN3O6S/c1-39(2,3)50-37(45)28-9-13-35-34(22-28)44(24-40(25-49-35)15-5-7-27-21-31(41)10-12-33(27)40)23-29-8-11-32(29)36(48-4)30-19-26(20-30)14-18-51(46,47)38-42-16-6-17-43-38/h6,9-10,12-13,16-17,19,21-22,26,29,32,36H,5,7-8,11,14-15,18,20,23-25H2,1-4H3/t26?,29-,32+,36+,40-/m0/s1. The van der Waals surface area contributed by atoms with Gasteiger partial charge in [0, 0.05) is 43.0 Å². The molecule has 0 radical (unpaired) electrons. The minimum atomic E-state index is -3.52. The molecule has 1 saturated carbocycles. The molecule has 0 amide bonds. The van der Waals surface area contributed by atoms with E-state index in [1.807, 2.05) is 45.0 Å². The van der Waals surface area contributed by atoms with Gasteiger partial charge in [0.15, 0.2) is 0 Å². The second-order valence-corrected chi connectivity index (χ2v) is 18.2. The number of benzene rings is 2. The summed E-state index contributed by atoms with van der Waals surface area (Å²) in [6, 6.07) is 13.6. The van der Waals surface area contributed by atoms with E-state index in [-0.39, 0.29) is 34.3 Å². The van der Waals surface area contributed by atoms with Crippen molar-refractivity contribution in [2.45, 2.75) is 88.0 Å². The summed E-state index contributed by atoms with van der Waals surface area (Å²) in [7, 11) is -1.74. The molecular weight excluding hydrogens is 686 g/mol. The second kappa shape index (κ2) is 14.2. The number of carbonyl (C=O) groups excluding carboxylic acids is 1. The molecule has 1 aromatic heterocycles. The van der Waals surface area contributed by atoms with Crippen molar-refractivity contribution in [1.29, 1.82) is 0 Å². The number of fused-ring (bicyclic) bond motifs is 3. The van der Waals surface area contributed by atoms with Crippen LogP contribution in [0.5, 0.6) is 5.75 Å². The molecule has 272 valence electrons. The predicted molar refractivity (Wildman–Crippen MR) is 197 cm³/mol. The van der Waals surface area contributed by atoms with E-state index in [9.17, 15) is 13.2 Å². The number of methoxy groups -OCH3 is 1. The van der Waals surface area contributed by atoms with Crippen molar-refractivity contribution in [3.05, 3.63) is 88.2 Å².